The van der Waals surface area contributed by atoms with Gasteiger partial charge in [-0.25, -0.2) is 0 Å². The number of nitrogens with one attached hydrogen (secondary N) is 1. The van der Waals surface area contributed by atoms with Gasteiger partial charge in [0.1, 0.15) is 6.54 Å². The van der Waals surface area contributed by atoms with Crippen molar-refractivity contribution in [2.75, 3.05) is 5.32 Å². The van der Waals surface area contributed by atoms with E-state index in [1.165, 1.54) is 30.4 Å². The molecule has 1 amide bonds. The largest absolute Gasteiger partial charge is 0.309 e. The fourth-order valence-electron chi connectivity index (χ4n) is 2.43. The molecule has 0 bridgehead atoms. The molecule has 0 aliphatic heterocycles. The van der Waals surface area contributed by atoms with Crippen molar-refractivity contribution in [1.82, 2.24) is 9.78 Å². The van der Waals surface area contributed by atoms with Crippen LogP contribution in [0.2, 0.25) is 0 Å². The van der Waals surface area contributed by atoms with E-state index in [0.717, 1.165) is 12.3 Å². The number of aromatic nitrogens is 2. The van der Waals surface area contributed by atoms with Crippen molar-refractivity contribution >= 4 is 11.7 Å². The summed E-state index contributed by atoms with van der Waals surface area (Å²) in [4.78, 5) is 11.7. The molecular formula is C13H18N4O. The van der Waals surface area contributed by atoms with E-state index in [9.17, 15) is 4.79 Å². The van der Waals surface area contributed by atoms with E-state index in [2.05, 4.69) is 10.4 Å². The number of anilines is 1. The molecule has 96 valence electrons. The molecule has 2 rings (SSSR count). The summed E-state index contributed by atoms with van der Waals surface area (Å²) in [7, 11) is 0. The van der Waals surface area contributed by atoms with Crippen molar-refractivity contribution in [2.45, 2.75) is 45.1 Å². The molecule has 1 N–H and O–H groups in total. The van der Waals surface area contributed by atoms with Crippen LogP contribution in [0.5, 0.6) is 0 Å². The molecule has 0 radical (unpaired) electrons. The lowest BCUT2D eigenvalue weighted by Crippen LogP contribution is -2.13. The summed E-state index contributed by atoms with van der Waals surface area (Å²) < 4.78 is 1.51. The van der Waals surface area contributed by atoms with Crippen LogP contribution in [0.1, 0.15) is 38.5 Å². The van der Waals surface area contributed by atoms with Crippen LogP contribution >= 0.6 is 0 Å². The Balaban J connectivity index is 1.74. The van der Waals surface area contributed by atoms with Crippen LogP contribution in [0, 0.1) is 17.2 Å². The van der Waals surface area contributed by atoms with Gasteiger partial charge in [-0.15, -0.1) is 0 Å². The highest BCUT2D eigenvalue weighted by molar-refractivity contribution is 5.89. The van der Waals surface area contributed by atoms with E-state index in [1.54, 1.807) is 12.3 Å². The van der Waals surface area contributed by atoms with Gasteiger partial charge < -0.3 is 5.32 Å². The van der Waals surface area contributed by atoms with Crippen LogP contribution in [0.15, 0.2) is 12.3 Å². The van der Waals surface area contributed by atoms with Crippen LogP contribution in [0.25, 0.3) is 0 Å². The lowest BCUT2D eigenvalue weighted by atomic mass is 10.0. The number of nitriles is 1. The van der Waals surface area contributed by atoms with Gasteiger partial charge in [-0.1, -0.05) is 25.7 Å². The number of carbonyl (C=O) groups is 1. The van der Waals surface area contributed by atoms with Crippen molar-refractivity contribution in [3.63, 3.8) is 0 Å². The predicted octanol–water partition coefficient (Wildman–Crippen LogP) is 2.32. The monoisotopic (exact) mass is 246 g/mol. The minimum atomic E-state index is 0.0177. The first kappa shape index (κ1) is 12.6. The highest BCUT2D eigenvalue weighted by Crippen LogP contribution is 2.28. The summed E-state index contributed by atoms with van der Waals surface area (Å²) in [5.41, 5.74) is 0. The van der Waals surface area contributed by atoms with Crippen molar-refractivity contribution in [2.24, 2.45) is 5.92 Å². The molecule has 5 heteroatoms. The maximum Gasteiger partial charge on any atom is 0.225 e. The highest BCUT2D eigenvalue weighted by atomic mass is 16.1. The van der Waals surface area contributed by atoms with E-state index < -0.39 is 0 Å². The molecule has 0 unspecified atom stereocenters. The van der Waals surface area contributed by atoms with E-state index >= 15 is 0 Å². The summed E-state index contributed by atoms with van der Waals surface area (Å²) in [6, 6.07) is 3.71. The SMILES string of the molecule is N#CCn1ccc(NC(=O)CCC2CCCC2)n1. The molecule has 0 atom stereocenters. The first-order valence-electron chi connectivity index (χ1n) is 6.48. The Labute approximate surface area is 107 Å². The summed E-state index contributed by atoms with van der Waals surface area (Å²) in [6.45, 7) is 0.206. The molecule has 0 saturated heterocycles. The third kappa shape index (κ3) is 3.59. The molecule has 1 aromatic rings. The van der Waals surface area contributed by atoms with Crippen LogP contribution in [0.4, 0.5) is 5.82 Å². The zero-order valence-corrected chi connectivity index (χ0v) is 10.4. The van der Waals surface area contributed by atoms with Gasteiger partial charge in [0.25, 0.3) is 0 Å². The Morgan fingerprint density at radius 2 is 2.33 bits per heavy atom. The molecule has 1 aliphatic carbocycles. The first-order chi connectivity index (χ1) is 8.78. The van der Waals surface area contributed by atoms with Gasteiger partial charge in [0.2, 0.25) is 5.91 Å². The second-order valence-corrected chi connectivity index (χ2v) is 4.79. The second kappa shape index (κ2) is 6.20. The van der Waals surface area contributed by atoms with Gasteiger partial charge in [-0.2, -0.15) is 10.4 Å². The summed E-state index contributed by atoms with van der Waals surface area (Å²) in [5, 5.41) is 15.4. The number of nitrogens with zero attached hydrogens (tertiary/aromatic N) is 3. The van der Waals surface area contributed by atoms with Crippen molar-refractivity contribution in [3.8, 4) is 6.07 Å². The van der Waals surface area contributed by atoms with Crippen LogP contribution in [-0.2, 0) is 11.3 Å². The van der Waals surface area contributed by atoms with Gasteiger partial charge in [0, 0.05) is 18.7 Å². The first-order valence-corrected chi connectivity index (χ1v) is 6.48. The molecule has 1 fully saturated rings. The summed E-state index contributed by atoms with van der Waals surface area (Å²) in [6.07, 6.45) is 8.39. The zero-order valence-electron chi connectivity index (χ0n) is 10.4. The third-order valence-corrected chi connectivity index (χ3v) is 3.40. The second-order valence-electron chi connectivity index (χ2n) is 4.79. The molecule has 0 aromatic carbocycles. The Morgan fingerprint density at radius 1 is 1.56 bits per heavy atom. The van der Waals surface area contributed by atoms with E-state index in [-0.39, 0.29) is 12.5 Å². The molecular weight excluding hydrogens is 228 g/mol. The van der Waals surface area contributed by atoms with Gasteiger partial charge in [-0.05, 0) is 12.3 Å². The highest BCUT2D eigenvalue weighted by Gasteiger charge is 2.16. The van der Waals surface area contributed by atoms with Crippen molar-refractivity contribution < 1.29 is 4.79 Å². The van der Waals surface area contributed by atoms with Crippen LogP contribution in [0.3, 0.4) is 0 Å². The maximum absolute atomic E-state index is 11.7. The minimum Gasteiger partial charge on any atom is -0.309 e. The number of hydrogen-bond donors (Lipinski definition) is 1. The topological polar surface area (TPSA) is 70.7 Å². The zero-order chi connectivity index (χ0) is 12.8. The number of carbonyl (C=O) groups excluding carboxylic acids is 1. The summed E-state index contributed by atoms with van der Waals surface area (Å²) >= 11 is 0. The molecule has 5 nitrogen and oxygen atoms in total. The van der Waals surface area contributed by atoms with Crippen LogP contribution < -0.4 is 5.32 Å². The van der Waals surface area contributed by atoms with Crippen LogP contribution in [-0.4, -0.2) is 15.7 Å². The number of rotatable bonds is 5. The molecule has 1 saturated carbocycles. The lowest BCUT2D eigenvalue weighted by molar-refractivity contribution is -0.116. The van der Waals surface area contributed by atoms with Crippen molar-refractivity contribution in [3.05, 3.63) is 12.3 Å². The molecule has 0 spiro atoms. The average Bonchev–Trinajstić information content (AvgIpc) is 2.99. The normalized spacial score (nSPS) is 15.5. The van der Waals surface area contributed by atoms with Gasteiger partial charge in [-0.3, -0.25) is 9.48 Å². The fraction of sp³-hybridized carbons (Fsp3) is 0.615. The lowest BCUT2D eigenvalue weighted by Gasteiger charge is -2.07. The molecule has 1 aromatic heterocycles. The van der Waals surface area contributed by atoms with Crippen molar-refractivity contribution in [1.29, 1.82) is 5.26 Å². The number of amides is 1. The standard InChI is InChI=1S/C13H18N4O/c14-8-10-17-9-7-12(16-17)15-13(18)6-5-11-3-1-2-4-11/h7,9,11H,1-6,10H2,(H,15,16,18). The Kier molecular flexibility index (Phi) is 4.35. The maximum atomic E-state index is 11.7. The van der Waals surface area contributed by atoms with E-state index in [4.69, 9.17) is 5.26 Å². The Bertz CT molecular complexity index is 440. The molecule has 18 heavy (non-hydrogen) atoms. The Morgan fingerprint density at radius 3 is 3.06 bits per heavy atom. The fourth-order valence-corrected chi connectivity index (χ4v) is 2.43. The van der Waals surface area contributed by atoms with Gasteiger partial charge in [0.15, 0.2) is 5.82 Å². The molecule has 1 aliphatic rings. The average molecular weight is 246 g/mol. The van der Waals surface area contributed by atoms with E-state index in [0.29, 0.717) is 12.2 Å². The number of hydrogen-bond acceptors (Lipinski definition) is 3. The Hall–Kier alpha value is -1.83. The van der Waals surface area contributed by atoms with E-state index in [1.807, 2.05) is 6.07 Å². The molecule has 1 heterocycles. The smallest absolute Gasteiger partial charge is 0.225 e. The quantitative estimate of drug-likeness (QED) is 0.866. The third-order valence-electron chi connectivity index (χ3n) is 3.40. The summed E-state index contributed by atoms with van der Waals surface area (Å²) in [5.74, 6) is 1.28. The van der Waals surface area contributed by atoms with Gasteiger partial charge >= 0.3 is 0 Å². The minimum absolute atomic E-state index is 0.0177. The predicted molar refractivity (Wildman–Crippen MR) is 67.7 cm³/mol. The van der Waals surface area contributed by atoms with Gasteiger partial charge in [0.05, 0.1) is 6.07 Å².